The summed E-state index contributed by atoms with van der Waals surface area (Å²) < 4.78 is 40.0. The predicted molar refractivity (Wildman–Crippen MR) is 79.0 cm³/mol. The first-order valence-corrected chi connectivity index (χ1v) is 7.98. The van der Waals surface area contributed by atoms with E-state index in [4.69, 9.17) is 5.26 Å². The zero-order chi connectivity index (χ0) is 16.6. The van der Waals surface area contributed by atoms with E-state index in [9.17, 15) is 17.6 Å². The van der Waals surface area contributed by atoms with E-state index in [0.29, 0.717) is 9.87 Å². The maximum Gasteiger partial charge on any atom is 0.341 e. The van der Waals surface area contributed by atoms with Crippen molar-refractivity contribution in [2.45, 2.75) is 6.54 Å². The Labute approximate surface area is 131 Å². The number of nitrogens with zero attached hydrogens (tertiary/aromatic N) is 4. The smallest absolute Gasteiger partial charge is 0.264 e. The van der Waals surface area contributed by atoms with Crippen LogP contribution in [0.5, 0.6) is 0 Å². The minimum atomic E-state index is -4.12. The lowest BCUT2D eigenvalue weighted by Gasteiger charge is -2.34. The van der Waals surface area contributed by atoms with Gasteiger partial charge in [-0.15, -0.1) is 0 Å². The van der Waals surface area contributed by atoms with Gasteiger partial charge >= 0.3 is 16.2 Å². The number of nitriles is 1. The minimum Gasteiger partial charge on any atom is -0.264 e. The first-order chi connectivity index (χ1) is 10.9. The molecule has 0 radical (unpaired) electrons. The van der Waals surface area contributed by atoms with Gasteiger partial charge in [-0.05, 0) is 29.8 Å². The highest BCUT2D eigenvalue weighted by Crippen LogP contribution is 2.28. The maximum atomic E-state index is 13.3. The molecular weight excluding hydrogens is 323 g/mol. The van der Waals surface area contributed by atoms with Crippen molar-refractivity contribution in [2.75, 3.05) is 11.4 Å². The first kappa shape index (κ1) is 15.1. The summed E-state index contributed by atoms with van der Waals surface area (Å²) in [5, 5.41) is 8.87. The highest BCUT2D eigenvalue weighted by atomic mass is 32.2. The summed E-state index contributed by atoms with van der Waals surface area (Å²) in [5.41, 5.74) is 0.328. The molecule has 118 valence electrons. The molecule has 3 rings (SSSR count). The molecule has 2 aromatic rings. The first-order valence-electron chi connectivity index (χ1n) is 6.58. The van der Waals surface area contributed by atoms with E-state index in [1.54, 1.807) is 0 Å². The second-order valence-electron chi connectivity index (χ2n) is 4.83. The molecule has 2 amide bonds. The van der Waals surface area contributed by atoms with Crippen molar-refractivity contribution < 1.29 is 17.6 Å². The van der Waals surface area contributed by atoms with Gasteiger partial charge in [0.05, 0.1) is 12.6 Å². The van der Waals surface area contributed by atoms with Crippen LogP contribution in [0.3, 0.4) is 0 Å². The van der Waals surface area contributed by atoms with Crippen LogP contribution in [0, 0.1) is 17.1 Å². The van der Waals surface area contributed by atoms with E-state index in [1.807, 2.05) is 6.07 Å². The Morgan fingerprint density at radius 2 is 2.00 bits per heavy atom. The molecule has 23 heavy (non-hydrogen) atoms. The summed E-state index contributed by atoms with van der Waals surface area (Å²) in [4.78, 5) is 13.6. The molecule has 1 aromatic heterocycles. The van der Waals surface area contributed by atoms with Crippen molar-refractivity contribution >= 4 is 22.1 Å². The standard InChI is InChI=1S/C14H11FN4O3S/c15-12-4-1-3-11(9-12)10-19-14(20)17(8-6-16)13-5-2-7-18(13)23(19,21)22/h1-5,7,9H,8,10H2. The van der Waals surface area contributed by atoms with Crippen LogP contribution in [0.2, 0.25) is 0 Å². The Morgan fingerprint density at radius 3 is 2.70 bits per heavy atom. The quantitative estimate of drug-likeness (QED) is 0.799. The van der Waals surface area contributed by atoms with Crippen molar-refractivity contribution in [3.8, 4) is 6.07 Å². The highest BCUT2D eigenvalue weighted by Gasteiger charge is 2.40. The zero-order valence-corrected chi connectivity index (χ0v) is 12.6. The molecule has 0 atom stereocenters. The van der Waals surface area contributed by atoms with Crippen LogP contribution >= 0.6 is 0 Å². The van der Waals surface area contributed by atoms with Gasteiger partial charge in [0.2, 0.25) is 0 Å². The third-order valence-corrected chi connectivity index (χ3v) is 5.03. The molecule has 2 heterocycles. The molecule has 9 heteroatoms. The van der Waals surface area contributed by atoms with Gasteiger partial charge in [-0.2, -0.15) is 18.0 Å². The highest BCUT2D eigenvalue weighted by molar-refractivity contribution is 7.88. The Kier molecular flexibility index (Phi) is 3.54. The van der Waals surface area contributed by atoms with Crippen LogP contribution in [-0.2, 0) is 16.8 Å². The number of rotatable bonds is 3. The van der Waals surface area contributed by atoms with Crippen LogP contribution in [0.4, 0.5) is 15.0 Å². The van der Waals surface area contributed by atoms with Crippen LogP contribution in [0.15, 0.2) is 42.6 Å². The number of amides is 2. The number of hydrogen-bond donors (Lipinski definition) is 0. The molecular formula is C14H11FN4O3S. The lowest BCUT2D eigenvalue weighted by Crippen LogP contribution is -2.53. The van der Waals surface area contributed by atoms with Crippen LogP contribution in [-0.4, -0.2) is 29.3 Å². The van der Waals surface area contributed by atoms with E-state index in [0.717, 1.165) is 14.9 Å². The number of benzene rings is 1. The van der Waals surface area contributed by atoms with Gasteiger partial charge in [0, 0.05) is 6.20 Å². The molecule has 1 aromatic carbocycles. The molecule has 0 saturated carbocycles. The minimum absolute atomic E-state index is 0.104. The maximum absolute atomic E-state index is 13.3. The molecule has 1 aliphatic rings. The van der Waals surface area contributed by atoms with Gasteiger partial charge in [0.1, 0.15) is 18.2 Å². The van der Waals surface area contributed by atoms with Crippen LogP contribution < -0.4 is 4.90 Å². The summed E-state index contributed by atoms with van der Waals surface area (Å²) in [6, 6.07) is 9.22. The molecule has 0 aliphatic carbocycles. The largest absolute Gasteiger partial charge is 0.341 e. The monoisotopic (exact) mass is 334 g/mol. The second-order valence-corrected chi connectivity index (χ2v) is 6.56. The summed E-state index contributed by atoms with van der Waals surface area (Å²) in [6.45, 7) is -0.615. The Balaban J connectivity index is 2.06. The zero-order valence-electron chi connectivity index (χ0n) is 11.8. The number of hydrogen-bond acceptors (Lipinski definition) is 4. The molecule has 0 unspecified atom stereocenters. The van der Waals surface area contributed by atoms with E-state index in [1.165, 1.54) is 36.5 Å². The Hall–Kier alpha value is -2.86. The van der Waals surface area contributed by atoms with E-state index in [2.05, 4.69) is 0 Å². The van der Waals surface area contributed by atoms with Gasteiger partial charge < -0.3 is 0 Å². The number of halogens is 1. The number of urea groups is 1. The van der Waals surface area contributed by atoms with Gasteiger partial charge in [0.25, 0.3) is 0 Å². The van der Waals surface area contributed by atoms with Crippen molar-refractivity contribution in [3.63, 3.8) is 0 Å². The second kappa shape index (κ2) is 5.40. The Morgan fingerprint density at radius 1 is 1.22 bits per heavy atom. The number of fused-ring (bicyclic) bond motifs is 1. The van der Waals surface area contributed by atoms with Gasteiger partial charge in [-0.3, -0.25) is 4.90 Å². The van der Waals surface area contributed by atoms with Crippen molar-refractivity contribution in [1.29, 1.82) is 5.26 Å². The van der Waals surface area contributed by atoms with Crippen LogP contribution in [0.1, 0.15) is 5.56 Å². The Bertz CT molecular complexity index is 916. The third kappa shape index (κ3) is 2.43. The summed E-state index contributed by atoms with van der Waals surface area (Å²) in [7, 11) is -4.12. The SMILES string of the molecule is N#CCN1C(=O)N(Cc2cccc(F)c2)S(=O)(=O)n2cccc21. The molecule has 1 aliphatic heterocycles. The average Bonchev–Trinajstić information content (AvgIpc) is 2.99. The number of aromatic nitrogens is 1. The molecule has 0 N–H and O–H groups in total. The number of carbonyl (C=O) groups is 1. The van der Waals surface area contributed by atoms with Gasteiger partial charge in [0.15, 0.2) is 0 Å². The summed E-state index contributed by atoms with van der Waals surface area (Å²) >= 11 is 0. The molecule has 0 spiro atoms. The van der Waals surface area contributed by atoms with Crippen molar-refractivity contribution in [2.24, 2.45) is 0 Å². The normalized spacial score (nSPS) is 16.1. The van der Waals surface area contributed by atoms with Gasteiger partial charge in [-0.25, -0.2) is 13.2 Å². The fourth-order valence-electron chi connectivity index (χ4n) is 2.37. The fraction of sp³-hybridized carbons (Fsp3) is 0.143. The average molecular weight is 334 g/mol. The van der Waals surface area contributed by atoms with Crippen LogP contribution in [0.25, 0.3) is 0 Å². The van der Waals surface area contributed by atoms with Crippen molar-refractivity contribution in [1.82, 2.24) is 8.28 Å². The summed E-state index contributed by atoms with van der Waals surface area (Å²) in [5.74, 6) is -0.424. The van der Waals surface area contributed by atoms with Crippen molar-refractivity contribution in [3.05, 3.63) is 54.0 Å². The molecule has 0 bridgehead atoms. The molecule has 7 nitrogen and oxygen atoms in total. The van der Waals surface area contributed by atoms with E-state index < -0.39 is 22.1 Å². The number of anilines is 1. The molecule has 0 saturated heterocycles. The lowest BCUT2D eigenvalue weighted by atomic mass is 10.2. The number of carbonyl (C=O) groups excluding carboxylic acids is 1. The van der Waals surface area contributed by atoms with E-state index in [-0.39, 0.29) is 18.9 Å². The lowest BCUT2D eigenvalue weighted by molar-refractivity contribution is 0.226. The third-order valence-electron chi connectivity index (χ3n) is 3.38. The predicted octanol–water partition coefficient (Wildman–Crippen LogP) is 1.69. The topological polar surface area (TPSA) is 86.4 Å². The van der Waals surface area contributed by atoms with E-state index >= 15 is 0 Å². The fourth-order valence-corrected chi connectivity index (χ4v) is 3.81. The molecule has 0 fully saturated rings. The van der Waals surface area contributed by atoms with Gasteiger partial charge in [-0.1, -0.05) is 12.1 Å². The summed E-state index contributed by atoms with van der Waals surface area (Å²) in [6.07, 6.45) is 1.29.